The molecule has 1 aromatic heterocycles. The minimum Gasteiger partial charge on any atom is -0.383 e. The minimum atomic E-state index is -0.263. The second kappa shape index (κ2) is 7.02. The number of aryl methyl sites for hydroxylation is 1. The van der Waals surface area contributed by atoms with Crippen molar-refractivity contribution in [2.75, 3.05) is 20.3 Å². The molecule has 2 aromatic rings. The average molecular weight is 312 g/mol. The van der Waals surface area contributed by atoms with Crippen LogP contribution in [-0.2, 0) is 11.3 Å². The number of hydrogen-bond donors (Lipinski definition) is 1. The first-order chi connectivity index (χ1) is 10.1. The molecule has 0 fully saturated rings. The standard InChI is InChI=1S/C15H19ClFN3O/c1-10-15(16)11(2)20(19-10)14-6-4-5-13(17)12(14)9-18-7-8-21-3/h4-6,18H,7-9H2,1-3H3. The highest BCUT2D eigenvalue weighted by atomic mass is 35.5. The lowest BCUT2D eigenvalue weighted by Crippen LogP contribution is -2.20. The van der Waals surface area contributed by atoms with Gasteiger partial charge in [0.2, 0.25) is 0 Å². The molecular formula is C15H19ClFN3O. The molecule has 2 rings (SSSR count). The van der Waals surface area contributed by atoms with Crippen LogP contribution in [0.5, 0.6) is 0 Å². The van der Waals surface area contributed by atoms with Crippen molar-refractivity contribution in [2.45, 2.75) is 20.4 Å². The van der Waals surface area contributed by atoms with E-state index in [1.165, 1.54) is 6.07 Å². The smallest absolute Gasteiger partial charge is 0.129 e. The van der Waals surface area contributed by atoms with Crippen LogP contribution in [0.2, 0.25) is 5.02 Å². The SMILES string of the molecule is COCCNCc1c(F)cccc1-n1nc(C)c(Cl)c1C. The number of aromatic nitrogens is 2. The second-order valence-corrected chi connectivity index (χ2v) is 5.18. The van der Waals surface area contributed by atoms with Crippen LogP contribution in [0.3, 0.4) is 0 Å². The van der Waals surface area contributed by atoms with E-state index in [2.05, 4.69) is 10.4 Å². The highest BCUT2D eigenvalue weighted by Gasteiger charge is 2.15. The van der Waals surface area contributed by atoms with Crippen molar-refractivity contribution in [3.8, 4) is 5.69 Å². The summed E-state index contributed by atoms with van der Waals surface area (Å²) in [5.41, 5.74) is 2.80. The Morgan fingerprint density at radius 3 is 2.76 bits per heavy atom. The Morgan fingerprint density at radius 1 is 1.38 bits per heavy atom. The summed E-state index contributed by atoms with van der Waals surface area (Å²) in [5.74, 6) is -0.263. The molecule has 21 heavy (non-hydrogen) atoms. The summed E-state index contributed by atoms with van der Waals surface area (Å²) in [6.45, 7) is 5.34. The molecule has 114 valence electrons. The molecule has 0 radical (unpaired) electrons. The zero-order chi connectivity index (χ0) is 15.4. The topological polar surface area (TPSA) is 39.1 Å². The predicted molar refractivity (Wildman–Crippen MR) is 81.6 cm³/mol. The molecule has 0 atom stereocenters. The van der Waals surface area contributed by atoms with E-state index in [9.17, 15) is 4.39 Å². The van der Waals surface area contributed by atoms with Gasteiger partial charge in [-0.3, -0.25) is 0 Å². The fourth-order valence-electron chi connectivity index (χ4n) is 2.17. The van der Waals surface area contributed by atoms with Crippen LogP contribution < -0.4 is 5.32 Å². The highest BCUT2D eigenvalue weighted by Crippen LogP contribution is 2.25. The molecule has 0 unspecified atom stereocenters. The van der Waals surface area contributed by atoms with Gasteiger partial charge in [-0.1, -0.05) is 17.7 Å². The van der Waals surface area contributed by atoms with E-state index in [1.807, 2.05) is 19.9 Å². The van der Waals surface area contributed by atoms with Gasteiger partial charge in [-0.25, -0.2) is 9.07 Å². The van der Waals surface area contributed by atoms with Gasteiger partial charge in [-0.15, -0.1) is 0 Å². The quantitative estimate of drug-likeness (QED) is 0.834. The molecule has 0 spiro atoms. The van der Waals surface area contributed by atoms with Gasteiger partial charge >= 0.3 is 0 Å². The van der Waals surface area contributed by atoms with E-state index in [0.717, 1.165) is 11.4 Å². The maximum Gasteiger partial charge on any atom is 0.129 e. The number of methoxy groups -OCH3 is 1. The van der Waals surface area contributed by atoms with Gasteiger partial charge in [0.15, 0.2) is 0 Å². The summed E-state index contributed by atoms with van der Waals surface area (Å²) in [7, 11) is 1.63. The molecule has 0 aliphatic heterocycles. The first-order valence-electron chi connectivity index (χ1n) is 6.75. The van der Waals surface area contributed by atoms with Crippen molar-refractivity contribution in [3.63, 3.8) is 0 Å². The lowest BCUT2D eigenvalue weighted by molar-refractivity contribution is 0.199. The molecule has 6 heteroatoms. The molecule has 0 aliphatic rings. The Bertz CT molecular complexity index is 628. The van der Waals surface area contributed by atoms with Crippen LogP contribution in [0.25, 0.3) is 5.69 Å². The Hall–Kier alpha value is -1.43. The summed E-state index contributed by atoms with van der Waals surface area (Å²) in [5, 5.41) is 8.16. The minimum absolute atomic E-state index is 0.263. The number of benzene rings is 1. The molecular weight excluding hydrogens is 293 g/mol. The van der Waals surface area contributed by atoms with Crippen molar-refractivity contribution < 1.29 is 9.13 Å². The van der Waals surface area contributed by atoms with Crippen LogP contribution >= 0.6 is 11.6 Å². The average Bonchev–Trinajstić information content (AvgIpc) is 2.72. The summed E-state index contributed by atoms with van der Waals surface area (Å²) < 4.78 is 20.8. The Kier molecular flexibility index (Phi) is 5.33. The van der Waals surface area contributed by atoms with Gasteiger partial charge in [0.25, 0.3) is 0 Å². The van der Waals surface area contributed by atoms with Crippen molar-refractivity contribution in [2.24, 2.45) is 0 Å². The zero-order valence-corrected chi connectivity index (χ0v) is 13.2. The molecule has 1 N–H and O–H groups in total. The molecule has 0 saturated heterocycles. The highest BCUT2D eigenvalue weighted by molar-refractivity contribution is 6.31. The second-order valence-electron chi connectivity index (χ2n) is 4.80. The summed E-state index contributed by atoms with van der Waals surface area (Å²) >= 11 is 6.18. The summed E-state index contributed by atoms with van der Waals surface area (Å²) in [6.07, 6.45) is 0. The van der Waals surface area contributed by atoms with E-state index in [0.29, 0.717) is 36.0 Å². The number of nitrogens with one attached hydrogen (secondary N) is 1. The van der Waals surface area contributed by atoms with Crippen LogP contribution in [-0.4, -0.2) is 30.0 Å². The van der Waals surface area contributed by atoms with E-state index in [4.69, 9.17) is 16.3 Å². The first kappa shape index (κ1) is 15.9. The Morgan fingerprint density at radius 2 is 2.14 bits per heavy atom. The summed E-state index contributed by atoms with van der Waals surface area (Å²) in [4.78, 5) is 0. The normalized spacial score (nSPS) is 11.1. The van der Waals surface area contributed by atoms with E-state index >= 15 is 0 Å². The lowest BCUT2D eigenvalue weighted by atomic mass is 10.1. The van der Waals surface area contributed by atoms with Gasteiger partial charge in [-0.2, -0.15) is 5.10 Å². The number of nitrogens with zero attached hydrogens (tertiary/aromatic N) is 2. The van der Waals surface area contributed by atoms with Crippen molar-refractivity contribution in [1.29, 1.82) is 0 Å². The monoisotopic (exact) mass is 311 g/mol. The van der Waals surface area contributed by atoms with Crippen LogP contribution in [0.4, 0.5) is 4.39 Å². The van der Waals surface area contributed by atoms with Crippen molar-refractivity contribution in [1.82, 2.24) is 15.1 Å². The van der Waals surface area contributed by atoms with Gasteiger partial charge in [0.05, 0.1) is 28.7 Å². The third-order valence-corrected chi connectivity index (χ3v) is 3.86. The third kappa shape index (κ3) is 3.43. The van der Waals surface area contributed by atoms with Gasteiger partial charge < -0.3 is 10.1 Å². The fraction of sp³-hybridized carbons (Fsp3) is 0.400. The molecule has 0 saturated carbocycles. The molecule has 0 bridgehead atoms. The number of hydrogen-bond acceptors (Lipinski definition) is 3. The van der Waals surface area contributed by atoms with E-state index in [1.54, 1.807) is 17.9 Å². The maximum atomic E-state index is 14.1. The third-order valence-electron chi connectivity index (χ3n) is 3.31. The maximum absolute atomic E-state index is 14.1. The van der Waals surface area contributed by atoms with E-state index in [-0.39, 0.29) is 5.82 Å². The largest absolute Gasteiger partial charge is 0.383 e. The van der Waals surface area contributed by atoms with Crippen LogP contribution in [0, 0.1) is 19.7 Å². The molecule has 1 aromatic carbocycles. The number of ether oxygens (including phenoxy) is 1. The number of rotatable bonds is 6. The van der Waals surface area contributed by atoms with E-state index < -0.39 is 0 Å². The van der Waals surface area contributed by atoms with Gasteiger partial charge in [0, 0.05) is 25.8 Å². The lowest BCUT2D eigenvalue weighted by Gasteiger charge is -2.13. The van der Waals surface area contributed by atoms with Crippen LogP contribution in [0.15, 0.2) is 18.2 Å². The van der Waals surface area contributed by atoms with Crippen LogP contribution in [0.1, 0.15) is 17.0 Å². The molecule has 0 aliphatic carbocycles. The molecule has 4 nitrogen and oxygen atoms in total. The van der Waals surface area contributed by atoms with Crippen molar-refractivity contribution >= 4 is 11.6 Å². The zero-order valence-electron chi connectivity index (χ0n) is 12.4. The molecule has 1 heterocycles. The molecule has 0 amide bonds. The Labute approximate surface area is 128 Å². The predicted octanol–water partition coefficient (Wildman–Crippen LogP) is 3.02. The fourth-order valence-corrected chi connectivity index (χ4v) is 2.28. The van der Waals surface area contributed by atoms with Gasteiger partial charge in [0.1, 0.15) is 5.82 Å². The Balaban J connectivity index is 2.34. The first-order valence-corrected chi connectivity index (χ1v) is 7.13. The number of halogens is 2. The van der Waals surface area contributed by atoms with Gasteiger partial charge in [-0.05, 0) is 26.0 Å². The van der Waals surface area contributed by atoms with Crippen molar-refractivity contribution in [3.05, 3.63) is 46.0 Å². The summed E-state index contributed by atoms with van der Waals surface area (Å²) in [6, 6.07) is 4.96.